The second kappa shape index (κ2) is 9.97. The summed E-state index contributed by atoms with van der Waals surface area (Å²) in [5.74, 6) is 0.527. The van der Waals surface area contributed by atoms with Crippen LogP contribution in [-0.2, 0) is 23.7 Å². The maximum absolute atomic E-state index is 13.6. The van der Waals surface area contributed by atoms with Crippen molar-refractivity contribution in [2.24, 2.45) is 4.99 Å². The van der Waals surface area contributed by atoms with Gasteiger partial charge in [-0.05, 0) is 60.6 Å². The average molecular weight is 544 g/mol. The third-order valence-corrected chi connectivity index (χ3v) is 7.68. The standard InChI is InChI=1S/C24H19F6N3OS2/c1-3-8-35-22-31-21(34)20(36-22)10-14-4-7-19-17(9-14)13(2)32-33(19)12-15-5-6-16(23(25,26)27)11-18(15)24(28,29)30/h4-7,9-11H,3,8,12H2,1-2H3. The van der Waals surface area contributed by atoms with Crippen LogP contribution >= 0.6 is 23.5 Å². The van der Waals surface area contributed by atoms with E-state index in [4.69, 9.17) is 0 Å². The number of carbonyl (C=O) groups excluding carboxylic acids is 1. The van der Waals surface area contributed by atoms with Gasteiger partial charge in [0, 0.05) is 5.39 Å². The highest BCUT2D eigenvalue weighted by Gasteiger charge is 2.38. The van der Waals surface area contributed by atoms with Crippen molar-refractivity contribution in [1.82, 2.24) is 9.78 Å². The van der Waals surface area contributed by atoms with Gasteiger partial charge in [-0.3, -0.25) is 9.48 Å². The highest BCUT2D eigenvalue weighted by molar-refractivity contribution is 8.41. The van der Waals surface area contributed by atoms with E-state index in [2.05, 4.69) is 10.1 Å². The Morgan fingerprint density at radius 2 is 1.81 bits per heavy atom. The first kappa shape index (κ1) is 26.3. The lowest BCUT2D eigenvalue weighted by atomic mass is 10.0. The van der Waals surface area contributed by atoms with E-state index in [1.807, 2.05) is 6.92 Å². The summed E-state index contributed by atoms with van der Waals surface area (Å²) in [5.41, 5.74) is -1.29. The molecule has 4 nitrogen and oxygen atoms in total. The fourth-order valence-electron chi connectivity index (χ4n) is 3.68. The quantitative estimate of drug-likeness (QED) is 0.246. The molecule has 0 radical (unpaired) electrons. The summed E-state index contributed by atoms with van der Waals surface area (Å²) in [6, 6.07) is 6.74. The number of benzene rings is 2. The normalized spacial score (nSPS) is 15.8. The van der Waals surface area contributed by atoms with E-state index in [9.17, 15) is 31.1 Å². The monoisotopic (exact) mass is 543 g/mol. The predicted molar refractivity (Wildman–Crippen MR) is 131 cm³/mol. The molecule has 36 heavy (non-hydrogen) atoms. The topological polar surface area (TPSA) is 47.2 Å². The number of aromatic nitrogens is 2. The number of hydrogen-bond donors (Lipinski definition) is 0. The van der Waals surface area contributed by atoms with Crippen LogP contribution in [0.2, 0.25) is 0 Å². The molecule has 2 aromatic carbocycles. The van der Waals surface area contributed by atoms with Crippen LogP contribution in [-0.4, -0.2) is 25.8 Å². The summed E-state index contributed by atoms with van der Waals surface area (Å²) in [6.07, 6.45) is -7.20. The van der Waals surface area contributed by atoms with Gasteiger partial charge in [-0.1, -0.05) is 42.6 Å². The number of rotatable bonds is 5. The molecule has 3 aromatic rings. The lowest BCUT2D eigenvalue weighted by Gasteiger charge is -2.16. The molecule has 0 atom stereocenters. The summed E-state index contributed by atoms with van der Waals surface area (Å²) >= 11 is 2.81. The van der Waals surface area contributed by atoms with Gasteiger partial charge in [0.05, 0.1) is 33.8 Å². The lowest BCUT2D eigenvalue weighted by molar-refractivity contribution is -0.143. The van der Waals surface area contributed by atoms with E-state index >= 15 is 0 Å². The molecule has 4 rings (SSSR count). The van der Waals surface area contributed by atoms with E-state index < -0.39 is 23.5 Å². The van der Waals surface area contributed by atoms with Crippen molar-refractivity contribution in [1.29, 1.82) is 0 Å². The first-order chi connectivity index (χ1) is 16.9. The van der Waals surface area contributed by atoms with Gasteiger partial charge in [0.25, 0.3) is 5.91 Å². The summed E-state index contributed by atoms with van der Waals surface area (Å²) < 4.78 is 81.7. The molecule has 2 heterocycles. The fraction of sp³-hybridized carbons (Fsp3) is 0.292. The van der Waals surface area contributed by atoms with Crippen molar-refractivity contribution in [3.63, 3.8) is 0 Å². The Morgan fingerprint density at radius 1 is 1.06 bits per heavy atom. The fourth-order valence-corrected chi connectivity index (χ4v) is 5.60. The Balaban J connectivity index is 1.65. The highest BCUT2D eigenvalue weighted by atomic mass is 32.2. The zero-order valence-electron chi connectivity index (χ0n) is 19.0. The number of alkyl halides is 6. The molecule has 0 unspecified atom stereocenters. The molecule has 0 bridgehead atoms. The molecular weight excluding hydrogens is 524 g/mol. The Hall–Kier alpha value is -2.73. The number of nitrogens with zero attached hydrogens (tertiary/aromatic N) is 3. The zero-order chi connectivity index (χ0) is 26.3. The van der Waals surface area contributed by atoms with E-state index in [1.165, 1.54) is 28.2 Å². The summed E-state index contributed by atoms with van der Waals surface area (Å²) in [4.78, 5) is 16.7. The van der Waals surface area contributed by atoms with Crippen molar-refractivity contribution in [3.05, 3.63) is 69.3 Å². The first-order valence-corrected chi connectivity index (χ1v) is 12.6. The van der Waals surface area contributed by atoms with Gasteiger partial charge in [0.1, 0.15) is 4.38 Å². The van der Waals surface area contributed by atoms with E-state index in [-0.39, 0.29) is 24.1 Å². The Bertz CT molecular complexity index is 1390. The Morgan fingerprint density at radius 3 is 2.47 bits per heavy atom. The number of aliphatic imine (C=N–C) groups is 1. The number of amides is 1. The maximum atomic E-state index is 13.6. The minimum atomic E-state index is -4.96. The predicted octanol–water partition coefficient (Wildman–Crippen LogP) is 7.54. The maximum Gasteiger partial charge on any atom is 0.416 e. The van der Waals surface area contributed by atoms with Gasteiger partial charge in [-0.15, -0.1) is 0 Å². The van der Waals surface area contributed by atoms with Crippen LogP contribution in [0.3, 0.4) is 0 Å². The second-order valence-electron chi connectivity index (χ2n) is 8.03. The van der Waals surface area contributed by atoms with Crippen molar-refractivity contribution < 1.29 is 31.1 Å². The van der Waals surface area contributed by atoms with Crippen LogP contribution in [0.1, 0.15) is 41.3 Å². The lowest BCUT2D eigenvalue weighted by Crippen LogP contribution is -2.15. The van der Waals surface area contributed by atoms with Crippen molar-refractivity contribution >= 4 is 50.8 Å². The molecule has 190 valence electrons. The van der Waals surface area contributed by atoms with Gasteiger partial charge >= 0.3 is 12.4 Å². The minimum absolute atomic E-state index is 0.129. The first-order valence-electron chi connectivity index (χ1n) is 10.8. The van der Waals surface area contributed by atoms with E-state index in [1.54, 1.807) is 31.2 Å². The van der Waals surface area contributed by atoms with E-state index in [0.29, 0.717) is 37.5 Å². The molecule has 0 saturated carbocycles. The number of aryl methyl sites for hydroxylation is 1. The van der Waals surface area contributed by atoms with Gasteiger partial charge < -0.3 is 0 Å². The second-order valence-corrected chi connectivity index (χ2v) is 10.4. The van der Waals surface area contributed by atoms with Crippen LogP contribution in [0.5, 0.6) is 0 Å². The molecule has 1 aliphatic rings. The Kier molecular flexibility index (Phi) is 7.29. The number of fused-ring (bicyclic) bond motifs is 1. The molecule has 0 spiro atoms. The number of thioether (sulfide) groups is 2. The van der Waals surface area contributed by atoms with Gasteiger partial charge in [0.15, 0.2) is 0 Å². The molecule has 0 N–H and O–H groups in total. The number of halogens is 6. The summed E-state index contributed by atoms with van der Waals surface area (Å²) in [7, 11) is 0. The van der Waals surface area contributed by atoms with Crippen LogP contribution in [0.25, 0.3) is 17.0 Å². The average Bonchev–Trinajstić information content (AvgIpc) is 3.29. The minimum Gasteiger partial charge on any atom is -0.266 e. The SMILES string of the molecule is CCCSC1=NC(=O)C(=Cc2ccc3c(c2)c(C)nn3Cc2ccc(C(F)(F)F)cc2C(F)(F)F)S1. The number of carbonyl (C=O) groups is 1. The molecule has 0 fully saturated rings. The van der Waals surface area contributed by atoms with Crippen LogP contribution < -0.4 is 0 Å². The van der Waals surface area contributed by atoms with E-state index in [0.717, 1.165) is 18.2 Å². The van der Waals surface area contributed by atoms with Gasteiger partial charge in [-0.2, -0.15) is 36.4 Å². The van der Waals surface area contributed by atoms with Crippen LogP contribution in [0.4, 0.5) is 26.3 Å². The van der Waals surface area contributed by atoms with Crippen LogP contribution in [0.15, 0.2) is 46.3 Å². The van der Waals surface area contributed by atoms with Crippen molar-refractivity contribution in [2.75, 3.05) is 5.75 Å². The molecular formula is C24H19F6N3OS2. The van der Waals surface area contributed by atoms with Crippen LogP contribution in [0, 0.1) is 6.92 Å². The molecule has 0 aliphatic carbocycles. The third-order valence-electron chi connectivity index (χ3n) is 5.35. The molecule has 1 aliphatic heterocycles. The highest BCUT2D eigenvalue weighted by Crippen LogP contribution is 2.38. The zero-order valence-corrected chi connectivity index (χ0v) is 20.6. The summed E-state index contributed by atoms with van der Waals surface area (Å²) in [6.45, 7) is 3.36. The molecule has 0 saturated heterocycles. The Labute approximate surface area is 210 Å². The van der Waals surface area contributed by atoms with Crippen molar-refractivity contribution in [3.8, 4) is 0 Å². The molecule has 12 heteroatoms. The van der Waals surface area contributed by atoms with Gasteiger partial charge in [-0.25, -0.2) is 0 Å². The number of hydrogen-bond acceptors (Lipinski definition) is 4. The van der Waals surface area contributed by atoms with Crippen molar-refractivity contribution in [2.45, 2.75) is 39.2 Å². The van der Waals surface area contributed by atoms with Gasteiger partial charge in [0.2, 0.25) is 0 Å². The smallest absolute Gasteiger partial charge is 0.266 e. The third kappa shape index (κ3) is 5.64. The molecule has 1 aromatic heterocycles. The molecule has 1 amide bonds. The summed E-state index contributed by atoms with van der Waals surface area (Å²) in [5, 5.41) is 4.98. The largest absolute Gasteiger partial charge is 0.416 e.